The van der Waals surface area contributed by atoms with Gasteiger partial charge in [-0.1, -0.05) is 24.3 Å². The van der Waals surface area contributed by atoms with Gasteiger partial charge in [0.2, 0.25) is 11.8 Å². The molecule has 182 valence electrons. The SMILES string of the molecule is NC(=O)C1CCCN(c2ccc(NC(=O)c3ccccc3-c3ncc(-c4ccccc4F)o3)cn2)C1. The average Bonchev–Trinajstić information content (AvgIpc) is 3.39. The zero-order valence-electron chi connectivity index (χ0n) is 19.4. The normalized spacial score (nSPS) is 15.5. The van der Waals surface area contributed by atoms with Gasteiger partial charge in [0.05, 0.1) is 35.1 Å². The van der Waals surface area contributed by atoms with Gasteiger partial charge in [-0.2, -0.15) is 0 Å². The molecule has 1 saturated heterocycles. The molecule has 5 rings (SSSR count). The Balaban J connectivity index is 1.32. The number of rotatable bonds is 6. The van der Waals surface area contributed by atoms with Crippen LogP contribution in [0.4, 0.5) is 15.9 Å². The maximum absolute atomic E-state index is 14.2. The highest BCUT2D eigenvalue weighted by molar-refractivity contribution is 6.08. The first-order chi connectivity index (χ1) is 17.5. The number of nitrogens with one attached hydrogen (secondary N) is 1. The van der Waals surface area contributed by atoms with Gasteiger partial charge in [0, 0.05) is 18.7 Å². The molecule has 8 nitrogen and oxygen atoms in total. The lowest BCUT2D eigenvalue weighted by molar-refractivity contribution is -0.122. The van der Waals surface area contributed by atoms with Crippen LogP contribution in [-0.2, 0) is 4.79 Å². The molecule has 9 heteroatoms. The summed E-state index contributed by atoms with van der Waals surface area (Å²) in [4.78, 5) is 35.4. The largest absolute Gasteiger partial charge is 0.436 e. The highest BCUT2D eigenvalue weighted by Crippen LogP contribution is 2.30. The number of carbonyl (C=O) groups is 2. The molecular formula is C27H24FN5O3. The van der Waals surface area contributed by atoms with Gasteiger partial charge in [-0.05, 0) is 49.2 Å². The van der Waals surface area contributed by atoms with Gasteiger partial charge in [0.15, 0.2) is 5.76 Å². The fourth-order valence-corrected chi connectivity index (χ4v) is 4.31. The molecular weight excluding hydrogens is 461 g/mol. The van der Waals surface area contributed by atoms with E-state index in [2.05, 4.69) is 15.3 Å². The summed E-state index contributed by atoms with van der Waals surface area (Å²) >= 11 is 0. The number of aromatic nitrogens is 2. The minimum Gasteiger partial charge on any atom is -0.436 e. The Morgan fingerprint density at radius 2 is 1.78 bits per heavy atom. The van der Waals surface area contributed by atoms with Crippen LogP contribution in [0.15, 0.2) is 77.5 Å². The standard InChI is InChI=1S/C27H24FN5O3/c28-22-10-4-3-9-21(22)23-15-31-27(36-23)20-8-2-1-7-19(20)26(35)32-18-11-12-24(30-14-18)33-13-5-6-17(16-33)25(29)34/h1-4,7-12,14-15,17H,5-6,13,16H2,(H2,29,34)(H,32,35). The predicted molar refractivity (Wildman–Crippen MR) is 134 cm³/mol. The van der Waals surface area contributed by atoms with Crippen molar-refractivity contribution >= 4 is 23.3 Å². The number of nitrogens with zero attached hydrogens (tertiary/aromatic N) is 3. The van der Waals surface area contributed by atoms with Crippen molar-refractivity contribution in [1.82, 2.24) is 9.97 Å². The van der Waals surface area contributed by atoms with Crippen molar-refractivity contribution in [2.45, 2.75) is 12.8 Å². The molecule has 2 amide bonds. The number of hydrogen-bond acceptors (Lipinski definition) is 6. The lowest BCUT2D eigenvalue weighted by Gasteiger charge is -2.32. The third-order valence-corrected chi connectivity index (χ3v) is 6.20. The first kappa shape index (κ1) is 23.2. The average molecular weight is 486 g/mol. The van der Waals surface area contributed by atoms with Crippen LogP contribution in [-0.4, -0.2) is 34.9 Å². The number of pyridine rings is 1. The minimum absolute atomic E-state index is 0.189. The van der Waals surface area contributed by atoms with E-state index in [0.717, 1.165) is 25.2 Å². The zero-order chi connectivity index (χ0) is 25.1. The molecule has 0 bridgehead atoms. The molecule has 36 heavy (non-hydrogen) atoms. The maximum Gasteiger partial charge on any atom is 0.256 e. The van der Waals surface area contributed by atoms with E-state index in [-0.39, 0.29) is 29.4 Å². The van der Waals surface area contributed by atoms with Crippen molar-refractivity contribution in [3.63, 3.8) is 0 Å². The van der Waals surface area contributed by atoms with Gasteiger partial charge < -0.3 is 20.4 Å². The van der Waals surface area contributed by atoms with E-state index in [1.165, 1.54) is 12.3 Å². The van der Waals surface area contributed by atoms with Gasteiger partial charge in [0.25, 0.3) is 5.91 Å². The Kier molecular flexibility index (Phi) is 6.44. The minimum atomic E-state index is -0.420. The molecule has 3 N–H and O–H groups in total. The van der Waals surface area contributed by atoms with Crippen LogP contribution < -0.4 is 16.0 Å². The van der Waals surface area contributed by atoms with Crippen LogP contribution in [0.25, 0.3) is 22.8 Å². The van der Waals surface area contributed by atoms with Gasteiger partial charge in [-0.3, -0.25) is 9.59 Å². The molecule has 1 aliphatic heterocycles. The molecule has 0 spiro atoms. The van der Waals surface area contributed by atoms with E-state index in [1.807, 2.05) is 4.90 Å². The van der Waals surface area contributed by atoms with Crippen molar-refractivity contribution in [3.05, 3.63) is 84.4 Å². The summed E-state index contributed by atoms with van der Waals surface area (Å²) in [7, 11) is 0. The van der Waals surface area contributed by atoms with Crippen LogP contribution in [0, 0.1) is 11.7 Å². The van der Waals surface area contributed by atoms with Gasteiger partial charge in [-0.15, -0.1) is 0 Å². The van der Waals surface area contributed by atoms with Crippen molar-refractivity contribution in [2.75, 3.05) is 23.3 Å². The molecule has 1 atom stereocenters. The second-order valence-corrected chi connectivity index (χ2v) is 8.60. The van der Waals surface area contributed by atoms with Crippen molar-refractivity contribution in [3.8, 4) is 22.8 Å². The first-order valence-electron chi connectivity index (χ1n) is 11.6. The van der Waals surface area contributed by atoms with E-state index in [1.54, 1.807) is 60.8 Å². The number of amides is 2. The Labute approximate surface area is 207 Å². The number of benzene rings is 2. The Bertz CT molecular complexity index is 1400. The molecule has 4 aromatic rings. The van der Waals surface area contributed by atoms with Crippen LogP contribution in [0.1, 0.15) is 23.2 Å². The number of nitrogens with two attached hydrogens (primary N) is 1. The zero-order valence-corrected chi connectivity index (χ0v) is 19.4. The van der Waals surface area contributed by atoms with Crippen molar-refractivity contribution in [2.24, 2.45) is 11.7 Å². The lowest BCUT2D eigenvalue weighted by Crippen LogP contribution is -2.41. The number of anilines is 2. The molecule has 2 aromatic heterocycles. The van der Waals surface area contributed by atoms with Gasteiger partial charge >= 0.3 is 0 Å². The third-order valence-electron chi connectivity index (χ3n) is 6.20. The molecule has 1 fully saturated rings. The molecule has 1 unspecified atom stereocenters. The summed E-state index contributed by atoms with van der Waals surface area (Å²) in [5.74, 6) is -0.0648. The van der Waals surface area contributed by atoms with Crippen LogP contribution in [0.3, 0.4) is 0 Å². The number of oxazole rings is 1. The maximum atomic E-state index is 14.2. The van der Waals surface area contributed by atoms with Crippen LogP contribution in [0.2, 0.25) is 0 Å². The molecule has 2 aromatic carbocycles. The van der Waals surface area contributed by atoms with E-state index < -0.39 is 5.82 Å². The molecule has 0 radical (unpaired) electrons. The highest BCUT2D eigenvalue weighted by atomic mass is 19.1. The summed E-state index contributed by atoms with van der Waals surface area (Å²) < 4.78 is 20.0. The Morgan fingerprint density at radius 3 is 2.53 bits per heavy atom. The smallest absolute Gasteiger partial charge is 0.256 e. The van der Waals surface area contributed by atoms with E-state index >= 15 is 0 Å². The topological polar surface area (TPSA) is 114 Å². The van der Waals surface area contributed by atoms with E-state index in [9.17, 15) is 14.0 Å². The summed E-state index contributed by atoms with van der Waals surface area (Å²) in [5, 5.41) is 2.85. The van der Waals surface area contributed by atoms with E-state index in [0.29, 0.717) is 28.9 Å². The Morgan fingerprint density at radius 1 is 1.00 bits per heavy atom. The third kappa shape index (κ3) is 4.81. The Hall–Kier alpha value is -4.53. The quantitative estimate of drug-likeness (QED) is 0.416. The van der Waals surface area contributed by atoms with Crippen LogP contribution >= 0.6 is 0 Å². The number of primary amides is 1. The first-order valence-corrected chi connectivity index (χ1v) is 11.6. The van der Waals surface area contributed by atoms with Gasteiger partial charge in [-0.25, -0.2) is 14.4 Å². The molecule has 1 aliphatic rings. The second-order valence-electron chi connectivity index (χ2n) is 8.60. The van der Waals surface area contributed by atoms with Crippen molar-refractivity contribution in [1.29, 1.82) is 0 Å². The highest BCUT2D eigenvalue weighted by Gasteiger charge is 2.25. The summed E-state index contributed by atoms with van der Waals surface area (Å²) in [5.41, 5.74) is 7.11. The van der Waals surface area contributed by atoms with Crippen LogP contribution in [0.5, 0.6) is 0 Å². The molecule has 0 aliphatic carbocycles. The monoisotopic (exact) mass is 485 g/mol. The number of halogens is 1. The summed E-state index contributed by atoms with van der Waals surface area (Å²) in [6.07, 6.45) is 4.66. The number of carbonyl (C=O) groups excluding carboxylic acids is 2. The van der Waals surface area contributed by atoms with E-state index in [4.69, 9.17) is 10.2 Å². The van der Waals surface area contributed by atoms with Crippen molar-refractivity contribution < 1.29 is 18.4 Å². The predicted octanol–water partition coefficient (Wildman–Crippen LogP) is 4.50. The molecule has 0 saturated carbocycles. The lowest BCUT2D eigenvalue weighted by atomic mass is 9.97. The van der Waals surface area contributed by atoms with Gasteiger partial charge in [0.1, 0.15) is 11.6 Å². The summed E-state index contributed by atoms with van der Waals surface area (Å²) in [6.45, 7) is 1.33. The number of piperidine rings is 1. The molecule has 3 heterocycles. The fourth-order valence-electron chi connectivity index (χ4n) is 4.31. The second kappa shape index (κ2) is 9.99. The fraction of sp³-hybridized carbons (Fsp3) is 0.185. The number of hydrogen-bond donors (Lipinski definition) is 2. The summed E-state index contributed by atoms with van der Waals surface area (Å²) in [6, 6.07) is 16.7.